The van der Waals surface area contributed by atoms with E-state index in [9.17, 15) is 4.39 Å². The fourth-order valence-corrected chi connectivity index (χ4v) is 5.16. The van der Waals surface area contributed by atoms with E-state index in [0.29, 0.717) is 17.2 Å². The van der Waals surface area contributed by atoms with Crippen LogP contribution in [0.15, 0.2) is 29.3 Å². The first kappa shape index (κ1) is 16.1. The van der Waals surface area contributed by atoms with Crippen molar-refractivity contribution in [3.63, 3.8) is 0 Å². The number of aromatic nitrogens is 2. The predicted octanol–water partition coefficient (Wildman–Crippen LogP) is 3.63. The fraction of sp³-hybridized carbons (Fsp3) is 0.444. The lowest BCUT2D eigenvalue weighted by Gasteiger charge is -2.21. The molecule has 2 fully saturated rings. The molecule has 2 saturated heterocycles. The van der Waals surface area contributed by atoms with Gasteiger partial charge in [-0.1, -0.05) is 29.7 Å². The van der Waals surface area contributed by atoms with Crippen molar-refractivity contribution >= 4 is 23.5 Å². The molecule has 0 spiro atoms. The van der Waals surface area contributed by atoms with E-state index in [4.69, 9.17) is 0 Å². The van der Waals surface area contributed by atoms with Crippen LogP contribution < -0.4 is 0 Å². The highest BCUT2D eigenvalue weighted by Gasteiger charge is 2.38. The lowest BCUT2D eigenvalue weighted by atomic mass is 9.89. The van der Waals surface area contributed by atoms with Crippen LogP contribution in [0.2, 0.25) is 0 Å². The number of nitrogens with zero attached hydrogens (tertiary/aromatic N) is 3. The van der Waals surface area contributed by atoms with Gasteiger partial charge in [0, 0.05) is 24.6 Å². The standard InChI is InChI=1S/C18H18FN3S2/c19-15-7-1-4-13(10-15)5-3-9-23-18-17(20-24-21-18)16-12-22-8-2-6-14(16)11-22/h1,4,7,10,14,16H,2,6,8-9,11-12H2/t14-,16+/m0/s1. The Labute approximate surface area is 150 Å². The summed E-state index contributed by atoms with van der Waals surface area (Å²) in [6, 6.07) is 6.40. The van der Waals surface area contributed by atoms with Gasteiger partial charge in [-0.05, 0) is 43.5 Å². The molecule has 3 atom stereocenters. The van der Waals surface area contributed by atoms with E-state index in [2.05, 4.69) is 25.5 Å². The molecule has 124 valence electrons. The summed E-state index contributed by atoms with van der Waals surface area (Å²) in [5.41, 5.74) is 1.89. The number of halogens is 1. The van der Waals surface area contributed by atoms with Gasteiger partial charge in [0.05, 0.1) is 23.2 Å². The maximum atomic E-state index is 13.1. The second-order valence-corrected chi connectivity index (χ2v) is 7.82. The van der Waals surface area contributed by atoms with E-state index < -0.39 is 0 Å². The minimum Gasteiger partial charge on any atom is -0.302 e. The number of rotatable bonds is 3. The SMILES string of the molecule is Fc1cccc(C#CCSc2nsnc2[C@@H]2CN3CCC[C@H]2C3)c1. The highest BCUT2D eigenvalue weighted by Crippen LogP contribution is 2.41. The normalized spacial score (nSPS) is 25.3. The molecule has 0 amide bonds. The topological polar surface area (TPSA) is 29.0 Å². The Balaban J connectivity index is 1.41. The summed E-state index contributed by atoms with van der Waals surface area (Å²) in [6.45, 7) is 3.57. The quantitative estimate of drug-likeness (QED) is 0.618. The van der Waals surface area contributed by atoms with Crippen LogP contribution in [0.3, 0.4) is 0 Å². The van der Waals surface area contributed by atoms with Gasteiger partial charge in [-0.25, -0.2) is 4.39 Å². The van der Waals surface area contributed by atoms with E-state index in [1.807, 2.05) is 6.07 Å². The molecule has 1 aromatic heterocycles. The Kier molecular flexibility index (Phi) is 4.83. The largest absolute Gasteiger partial charge is 0.302 e. The summed E-state index contributed by atoms with van der Waals surface area (Å²) >= 11 is 2.96. The first-order valence-electron chi connectivity index (χ1n) is 8.21. The van der Waals surface area contributed by atoms with Crippen LogP contribution in [0.5, 0.6) is 0 Å². The Morgan fingerprint density at radius 3 is 3.17 bits per heavy atom. The molecule has 2 aromatic rings. The zero-order valence-corrected chi connectivity index (χ0v) is 14.9. The Morgan fingerprint density at radius 1 is 1.33 bits per heavy atom. The van der Waals surface area contributed by atoms with Crippen molar-refractivity contribution in [1.82, 2.24) is 13.6 Å². The van der Waals surface area contributed by atoms with E-state index in [0.717, 1.165) is 17.5 Å². The third-order valence-electron chi connectivity index (χ3n) is 4.74. The van der Waals surface area contributed by atoms with Crippen LogP contribution >= 0.6 is 23.5 Å². The van der Waals surface area contributed by atoms with Crippen molar-refractivity contribution in [2.45, 2.75) is 23.8 Å². The van der Waals surface area contributed by atoms with Crippen LogP contribution in [0.1, 0.15) is 30.0 Å². The molecule has 2 aliphatic rings. The van der Waals surface area contributed by atoms with E-state index >= 15 is 0 Å². The number of hydrogen-bond acceptors (Lipinski definition) is 5. The van der Waals surface area contributed by atoms with Crippen LogP contribution in [0.4, 0.5) is 4.39 Å². The van der Waals surface area contributed by atoms with Crippen molar-refractivity contribution in [2.75, 3.05) is 25.4 Å². The van der Waals surface area contributed by atoms with Crippen LogP contribution in [-0.4, -0.2) is 39.0 Å². The Bertz CT molecular complexity index is 780. The van der Waals surface area contributed by atoms with Gasteiger partial charge in [-0.3, -0.25) is 0 Å². The highest BCUT2D eigenvalue weighted by atomic mass is 32.2. The number of fused-ring (bicyclic) bond motifs is 2. The summed E-state index contributed by atoms with van der Waals surface area (Å²) in [5, 5.41) is 1.03. The van der Waals surface area contributed by atoms with E-state index in [1.54, 1.807) is 17.8 Å². The maximum Gasteiger partial charge on any atom is 0.134 e. The molecule has 2 bridgehead atoms. The molecule has 0 saturated carbocycles. The lowest BCUT2D eigenvalue weighted by molar-refractivity contribution is 0.269. The second-order valence-electron chi connectivity index (χ2n) is 6.32. The highest BCUT2D eigenvalue weighted by molar-refractivity contribution is 7.99. The first-order valence-corrected chi connectivity index (χ1v) is 9.93. The maximum absolute atomic E-state index is 13.1. The summed E-state index contributed by atoms with van der Waals surface area (Å²) in [4.78, 5) is 2.55. The molecule has 0 radical (unpaired) electrons. The molecule has 0 aliphatic carbocycles. The zero-order valence-electron chi connectivity index (χ0n) is 13.2. The van der Waals surface area contributed by atoms with Gasteiger partial charge in [0.2, 0.25) is 0 Å². The van der Waals surface area contributed by atoms with Crippen molar-refractivity contribution in [3.05, 3.63) is 41.3 Å². The smallest absolute Gasteiger partial charge is 0.134 e. The average molecular weight is 359 g/mol. The van der Waals surface area contributed by atoms with Gasteiger partial charge < -0.3 is 4.90 Å². The number of hydrogen-bond donors (Lipinski definition) is 0. The number of piperidine rings is 1. The number of thioether (sulfide) groups is 1. The molecule has 24 heavy (non-hydrogen) atoms. The van der Waals surface area contributed by atoms with E-state index in [-0.39, 0.29) is 5.82 Å². The second kappa shape index (κ2) is 7.22. The third-order valence-corrected chi connectivity index (χ3v) is 6.26. The Morgan fingerprint density at radius 2 is 2.29 bits per heavy atom. The Hall–Kier alpha value is -1.42. The summed E-state index contributed by atoms with van der Waals surface area (Å²) in [5.74, 6) is 7.78. The molecule has 3 heterocycles. The minimum atomic E-state index is -0.247. The molecular formula is C18H18FN3S2. The summed E-state index contributed by atoms with van der Waals surface area (Å²) in [6.07, 6.45) is 2.61. The summed E-state index contributed by atoms with van der Waals surface area (Å²) in [7, 11) is 0. The fourth-order valence-electron chi connectivity index (χ4n) is 3.65. The van der Waals surface area contributed by atoms with Crippen LogP contribution in [-0.2, 0) is 0 Å². The molecule has 3 nitrogen and oxygen atoms in total. The van der Waals surface area contributed by atoms with Gasteiger partial charge >= 0.3 is 0 Å². The van der Waals surface area contributed by atoms with Crippen LogP contribution in [0, 0.1) is 23.6 Å². The first-order chi connectivity index (χ1) is 11.8. The van der Waals surface area contributed by atoms with Gasteiger partial charge in [0.15, 0.2) is 0 Å². The molecule has 6 heteroatoms. The van der Waals surface area contributed by atoms with Gasteiger partial charge in [-0.15, -0.1) is 0 Å². The monoisotopic (exact) mass is 359 g/mol. The van der Waals surface area contributed by atoms with E-state index in [1.165, 1.54) is 55.5 Å². The minimum absolute atomic E-state index is 0.247. The third kappa shape index (κ3) is 3.49. The summed E-state index contributed by atoms with van der Waals surface area (Å²) < 4.78 is 22.2. The van der Waals surface area contributed by atoms with Crippen molar-refractivity contribution in [3.8, 4) is 11.8 Å². The van der Waals surface area contributed by atoms with Gasteiger partial charge in [0.1, 0.15) is 10.8 Å². The van der Waals surface area contributed by atoms with Crippen molar-refractivity contribution < 1.29 is 4.39 Å². The number of benzene rings is 1. The lowest BCUT2D eigenvalue weighted by Crippen LogP contribution is -2.25. The van der Waals surface area contributed by atoms with Gasteiger partial charge in [-0.2, -0.15) is 8.75 Å². The van der Waals surface area contributed by atoms with Gasteiger partial charge in [0.25, 0.3) is 0 Å². The molecular weight excluding hydrogens is 341 g/mol. The van der Waals surface area contributed by atoms with Crippen molar-refractivity contribution in [2.24, 2.45) is 5.92 Å². The molecule has 1 unspecified atom stereocenters. The average Bonchev–Trinajstić information content (AvgIpc) is 3.15. The molecule has 4 rings (SSSR count). The zero-order chi connectivity index (χ0) is 16.4. The molecule has 1 aromatic carbocycles. The van der Waals surface area contributed by atoms with Crippen LogP contribution in [0.25, 0.3) is 0 Å². The molecule has 2 aliphatic heterocycles. The molecule has 0 N–H and O–H groups in total. The van der Waals surface area contributed by atoms with Crippen molar-refractivity contribution in [1.29, 1.82) is 0 Å². The predicted molar refractivity (Wildman–Crippen MR) is 95.8 cm³/mol.